The van der Waals surface area contributed by atoms with Crippen LogP contribution in [0.5, 0.6) is 0 Å². The van der Waals surface area contributed by atoms with Gasteiger partial charge in [-0.25, -0.2) is 0 Å². The van der Waals surface area contributed by atoms with Crippen molar-refractivity contribution >= 4 is 7.60 Å². The number of hydrogen-bond donors (Lipinski definition) is 0. The van der Waals surface area contributed by atoms with E-state index >= 15 is 0 Å². The van der Waals surface area contributed by atoms with Crippen LogP contribution in [0.2, 0.25) is 0 Å². The minimum Gasteiger partial charge on any atom is -0.471 e. The Labute approximate surface area is 94.5 Å². The lowest BCUT2D eigenvalue weighted by Crippen LogP contribution is -1.99. The molecule has 0 saturated heterocycles. The molecule has 0 bridgehead atoms. The van der Waals surface area contributed by atoms with Gasteiger partial charge in [0.2, 0.25) is 0 Å². The fourth-order valence-electron chi connectivity index (χ4n) is 1.27. The molecule has 0 saturated carbocycles. The number of furan rings is 1. The third kappa shape index (κ3) is 3.21. The van der Waals surface area contributed by atoms with Crippen LogP contribution in [-0.4, -0.2) is 13.2 Å². The summed E-state index contributed by atoms with van der Waals surface area (Å²) in [5.41, 5.74) is 0.910. The van der Waals surface area contributed by atoms with Gasteiger partial charge in [-0.15, -0.1) is 0 Å². The van der Waals surface area contributed by atoms with Crippen molar-refractivity contribution in [2.45, 2.75) is 20.0 Å². The van der Waals surface area contributed by atoms with Crippen molar-refractivity contribution < 1.29 is 18.0 Å². The molecule has 0 spiro atoms. The highest BCUT2D eigenvalue weighted by atomic mass is 31.2. The van der Waals surface area contributed by atoms with E-state index in [1.807, 2.05) is 6.07 Å². The van der Waals surface area contributed by atoms with Crippen molar-refractivity contribution in [2.75, 3.05) is 13.2 Å². The molecule has 1 aromatic rings. The SMILES string of the molecule is CCOP(=O)(Cc1cocc1C#N)OCC. The zero-order valence-corrected chi connectivity index (χ0v) is 10.2. The first kappa shape index (κ1) is 13.0. The summed E-state index contributed by atoms with van der Waals surface area (Å²) in [6, 6.07) is 1.96. The van der Waals surface area contributed by atoms with E-state index in [9.17, 15) is 4.57 Å². The molecule has 5 nitrogen and oxygen atoms in total. The fraction of sp³-hybridized carbons (Fsp3) is 0.500. The van der Waals surface area contributed by atoms with Crippen LogP contribution in [0.4, 0.5) is 0 Å². The number of hydrogen-bond acceptors (Lipinski definition) is 5. The summed E-state index contributed by atoms with van der Waals surface area (Å²) < 4.78 is 27.3. The highest BCUT2D eigenvalue weighted by molar-refractivity contribution is 7.53. The minimum absolute atomic E-state index is 0.0636. The van der Waals surface area contributed by atoms with E-state index in [1.165, 1.54) is 12.5 Å². The quantitative estimate of drug-likeness (QED) is 0.718. The monoisotopic (exact) mass is 243 g/mol. The topological polar surface area (TPSA) is 72.5 Å². The van der Waals surface area contributed by atoms with Gasteiger partial charge in [0.05, 0.1) is 31.2 Å². The van der Waals surface area contributed by atoms with E-state index in [4.69, 9.17) is 18.7 Å². The van der Waals surface area contributed by atoms with Crippen LogP contribution >= 0.6 is 7.60 Å². The predicted molar refractivity (Wildman–Crippen MR) is 58.0 cm³/mol. The Kier molecular flexibility index (Phi) is 4.75. The lowest BCUT2D eigenvalue weighted by atomic mass is 10.2. The summed E-state index contributed by atoms with van der Waals surface area (Å²) in [6.45, 7) is 4.09. The summed E-state index contributed by atoms with van der Waals surface area (Å²) in [5.74, 6) is 0. The van der Waals surface area contributed by atoms with Crippen molar-refractivity contribution in [2.24, 2.45) is 0 Å². The summed E-state index contributed by atoms with van der Waals surface area (Å²) in [4.78, 5) is 0. The van der Waals surface area contributed by atoms with E-state index in [1.54, 1.807) is 13.8 Å². The van der Waals surface area contributed by atoms with Gasteiger partial charge in [0.15, 0.2) is 0 Å². The maximum atomic E-state index is 12.2. The largest absolute Gasteiger partial charge is 0.471 e. The smallest absolute Gasteiger partial charge is 0.335 e. The summed E-state index contributed by atoms with van der Waals surface area (Å²) in [7, 11) is -3.16. The molecule has 88 valence electrons. The van der Waals surface area contributed by atoms with Crippen LogP contribution in [0.25, 0.3) is 0 Å². The normalized spacial score (nSPS) is 11.3. The molecule has 0 atom stereocenters. The second kappa shape index (κ2) is 5.86. The first-order chi connectivity index (χ1) is 7.65. The molecule has 6 heteroatoms. The van der Waals surface area contributed by atoms with Crippen LogP contribution in [0.15, 0.2) is 16.9 Å². The molecule has 1 heterocycles. The second-order valence-corrected chi connectivity index (χ2v) is 5.08. The molecule has 0 unspecified atom stereocenters. The van der Waals surface area contributed by atoms with Crippen molar-refractivity contribution in [1.82, 2.24) is 0 Å². The van der Waals surface area contributed by atoms with Gasteiger partial charge < -0.3 is 13.5 Å². The van der Waals surface area contributed by atoms with Crippen molar-refractivity contribution in [1.29, 1.82) is 5.26 Å². The van der Waals surface area contributed by atoms with E-state index < -0.39 is 7.60 Å². The van der Waals surface area contributed by atoms with Gasteiger partial charge in [-0.3, -0.25) is 4.57 Å². The first-order valence-corrected chi connectivity index (χ1v) is 6.71. The molecular formula is C10H14NO4P. The first-order valence-electron chi connectivity index (χ1n) is 4.98. The maximum Gasteiger partial charge on any atom is 0.335 e. The van der Waals surface area contributed by atoms with Gasteiger partial charge in [0.1, 0.15) is 12.3 Å². The van der Waals surface area contributed by atoms with E-state index in [0.29, 0.717) is 24.3 Å². The van der Waals surface area contributed by atoms with Crippen LogP contribution in [0.1, 0.15) is 25.0 Å². The van der Waals surface area contributed by atoms with Crippen LogP contribution in [-0.2, 0) is 19.8 Å². The molecule has 0 amide bonds. The highest BCUT2D eigenvalue weighted by Gasteiger charge is 2.26. The molecule has 16 heavy (non-hydrogen) atoms. The van der Waals surface area contributed by atoms with Gasteiger partial charge in [0.25, 0.3) is 0 Å². The summed E-state index contributed by atoms with van der Waals surface area (Å²) >= 11 is 0. The Morgan fingerprint density at radius 1 is 1.38 bits per heavy atom. The Morgan fingerprint density at radius 3 is 2.50 bits per heavy atom. The second-order valence-electron chi connectivity index (χ2n) is 3.03. The molecule has 0 aliphatic carbocycles. The number of nitrogens with zero attached hydrogens (tertiary/aromatic N) is 1. The fourth-order valence-corrected chi connectivity index (χ4v) is 2.98. The minimum atomic E-state index is -3.16. The van der Waals surface area contributed by atoms with Gasteiger partial charge in [-0.2, -0.15) is 5.26 Å². The molecule has 0 N–H and O–H groups in total. The van der Waals surface area contributed by atoms with Gasteiger partial charge in [-0.05, 0) is 13.8 Å². The molecule has 1 aromatic heterocycles. The summed E-state index contributed by atoms with van der Waals surface area (Å²) in [5, 5.41) is 8.78. The van der Waals surface area contributed by atoms with E-state index in [-0.39, 0.29) is 6.16 Å². The Hall–Kier alpha value is -1.08. The molecule has 0 aliphatic rings. The lowest BCUT2D eigenvalue weighted by molar-refractivity contribution is 0.219. The lowest BCUT2D eigenvalue weighted by Gasteiger charge is -2.15. The molecular weight excluding hydrogens is 229 g/mol. The molecule has 1 rings (SSSR count). The van der Waals surface area contributed by atoms with Crippen molar-refractivity contribution in [3.8, 4) is 6.07 Å². The highest BCUT2D eigenvalue weighted by Crippen LogP contribution is 2.51. The molecule has 0 aliphatic heterocycles. The van der Waals surface area contributed by atoms with Crippen LogP contribution < -0.4 is 0 Å². The van der Waals surface area contributed by atoms with Crippen molar-refractivity contribution in [3.05, 3.63) is 23.7 Å². The molecule has 0 fully saturated rings. The Bertz CT molecular complexity index is 411. The number of nitriles is 1. The van der Waals surface area contributed by atoms with Gasteiger partial charge in [-0.1, -0.05) is 0 Å². The predicted octanol–water partition coefficient (Wildman–Crippen LogP) is 2.92. The average molecular weight is 243 g/mol. The van der Waals surface area contributed by atoms with E-state index in [2.05, 4.69) is 0 Å². The summed E-state index contributed by atoms with van der Waals surface area (Å²) in [6.07, 6.45) is 2.77. The standard InChI is InChI=1S/C10H14NO4P/c1-3-14-16(12,15-4-2)8-10-7-13-6-9(10)5-11/h6-7H,3-4,8H2,1-2H3. The van der Waals surface area contributed by atoms with Gasteiger partial charge in [0, 0.05) is 5.56 Å². The third-order valence-electron chi connectivity index (χ3n) is 1.88. The maximum absolute atomic E-state index is 12.2. The zero-order chi connectivity index (χ0) is 12.0. The van der Waals surface area contributed by atoms with Crippen molar-refractivity contribution in [3.63, 3.8) is 0 Å². The third-order valence-corrected chi connectivity index (χ3v) is 3.91. The zero-order valence-electron chi connectivity index (χ0n) is 9.30. The molecule has 0 radical (unpaired) electrons. The number of rotatable bonds is 6. The Morgan fingerprint density at radius 2 is 2.00 bits per heavy atom. The van der Waals surface area contributed by atoms with Crippen LogP contribution in [0, 0.1) is 11.3 Å². The van der Waals surface area contributed by atoms with Gasteiger partial charge >= 0.3 is 7.60 Å². The van der Waals surface area contributed by atoms with Crippen LogP contribution in [0.3, 0.4) is 0 Å². The van der Waals surface area contributed by atoms with E-state index in [0.717, 1.165) is 0 Å². The Balaban J connectivity index is 2.84. The average Bonchev–Trinajstić information content (AvgIpc) is 2.65. The molecule has 0 aromatic carbocycles.